The monoisotopic (exact) mass is 714 g/mol. The number of nitrogens with zero attached hydrogens (tertiary/aromatic N) is 2. The number of ketones is 1. The number of fused-ring (bicyclic) bond motifs is 3. The van der Waals surface area contributed by atoms with Crippen molar-refractivity contribution in [3.8, 4) is 11.3 Å². The molecule has 0 bridgehead atoms. The molecular weight excluding hydrogens is 673 g/mol. The van der Waals surface area contributed by atoms with Crippen molar-refractivity contribution in [1.82, 2.24) is 9.97 Å². The molecule has 40 heavy (non-hydrogen) atoms. The van der Waals surface area contributed by atoms with E-state index in [2.05, 4.69) is 74.3 Å². The molecule has 1 N–H and O–H groups in total. The first-order chi connectivity index (χ1) is 18.7. The molecule has 0 fully saturated rings. The summed E-state index contributed by atoms with van der Waals surface area (Å²) in [5.41, 5.74) is 7.89. The van der Waals surface area contributed by atoms with Crippen molar-refractivity contribution in [2.45, 2.75) is 79.6 Å². The maximum Gasteiger partial charge on any atom is 0.162 e. The van der Waals surface area contributed by atoms with Crippen molar-refractivity contribution < 1.29 is 30.0 Å². The molecule has 1 radical (unpaired) electrons. The van der Waals surface area contributed by atoms with Crippen LogP contribution in [0, 0.1) is 24.8 Å². The Balaban J connectivity index is 0.000000243. The molecule has 5 heteroatoms. The van der Waals surface area contributed by atoms with Crippen LogP contribution in [-0.2, 0) is 30.3 Å². The molecule has 0 aliphatic heterocycles. The predicted molar refractivity (Wildman–Crippen MR) is 162 cm³/mol. The van der Waals surface area contributed by atoms with Gasteiger partial charge in [0.25, 0.3) is 0 Å². The standard InChI is InChI=1S/C22H17N2.C13H24O2.Ir/c1-13-6-4-7-14-12-17-21(24-20(13)14)15-10-11-23-18-9-5-8-16(19(15)18)22(17,2)3;1-5-10(6-2)12(14)9-13(15)11(7-3)8-4;/h4-9,11-12H,1-3H3;9-11,14H,5-8H2,1-4H3;/q-1;;/b;12-9-;. The first-order valence-corrected chi connectivity index (χ1v) is 14.3. The maximum atomic E-state index is 11.7. The zero-order valence-electron chi connectivity index (χ0n) is 24.8. The van der Waals surface area contributed by atoms with E-state index in [4.69, 9.17) is 4.98 Å². The van der Waals surface area contributed by atoms with Crippen molar-refractivity contribution in [3.05, 3.63) is 83.3 Å². The average molecular weight is 714 g/mol. The van der Waals surface area contributed by atoms with Crippen molar-refractivity contribution >= 4 is 27.6 Å². The first-order valence-electron chi connectivity index (χ1n) is 14.3. The number of pyridine rings is 2. The van der Waals surface area contributed by atoms with E-state index in [1.54, 1.807) is 6.20 Å². The third-order valence-electron chi connectivity index (χ3n) is 8.42. The van der Waals surface area contributed by atoms with Gasteiger partial charge in [0.2, 0.25) is 0 Å². The van der Waals surface area contributed by atoms with E-state index >= 15 is 0 Å². The maximum absolute atomic E-state index is 11.7. The van der Waals surface area contributed by atoms with Gasteiger partial charge in [-0.05, 0) is 66.9 Å². The summed E-state index contributed by atoms with van der Waals surface area (Å²) in [5, 5.41) is 12.2. The Kier molecular flexibility index (Phi) is 10.4. The smallest absolute Gasteiger partial charge is 0.162 e. The number of allylic oxidation sites excluding steroid dienone is 2. The Morgan fingerprint density at radius 2 is 1.62 bits per heavy atom. The second-order valence-corrected chi connectivity index (χ2v) is 11.1. The molecule has 2 heterocycles. The molecule has 1 aliphatic rings. The minimum atomic E-state index is -0.107. The van der Waals surface area contributed by atoms with Crippen LogP contribution < -0.4 is 0 Å². The Morgan fingerprint density at radius 3 is 2.27 bits per heavy atom. The molecular formula is C35H41IrN2O2-. The van der Waals surface area contributed by atoms with Crippen LogP contribution in [0.25, 0.3) is 33.1 Å². The van der Waals surface area contributed by atoms with Crippen molar-refractivity contribution in [3.63, 3.8) is 0 Å². The molecule has 1 aliphatic carbocycles. The zero-order valence-corrected chi connectivity index (χ0v) is 27.2. The third kappa shape index (κ3) is 5.92. The zero-order chi connectivity index (χ0) is 28.3. The average Bonchev–Trinajstić information content (AvgIpc) is 2.93. The van der Waals surface area contributed by atoms with Crippen LogP contribution in [-0.4, -0.2) is 20.9 Å². The minimum Gasteiger partial charge on any atom is -0.512 e. The van der Waals surface area contributed by atoms with E-state index in [-0.39, 0.29) is 48.9 Å². The van der Waals surface area contributed by atoms with Crippen LogP contribution in [0.3, 0.4) is 0 Å². The second-order valence-electron chi connectivity index (χ2n) is 11.1. The van der Waals surface area contributed by atoms with Gasteiger partial charge in [-0.25, -0.2) is 0 Å². The molecule has 5 rings (SSSR count). The predicted octanol–water partition coefficient (Wildman–Crippen LogP) is 9.07. The Morgan fingerprint density at radius 1 is 0.975 bits per heavy atom. The summed E-state index contributed by atoms with van der Waals surface area (Å²) in [6.45, 7) is 14.7. The van der Waals surface area contributed by atoms with Crippen molar-refractivity contribution in [2.24, 2.45) is 11.8 Å². The number of aryl methyl sites for hydroxylation is 1. The minimum absolute atomic E-state index is 0. The van der Waals surface area contributed by atoms with Gasteiger partial charge in [0, 0.05) is 43.5 Å². The van der Waals surface area contributed by atoms with Crippen LogP contribution in [0.1, 0.15) is 83.9 Å². The Bertz CT molecular complexity index is 1530. The van der Waals surface area contributed by atoms with E-state index in [0.717, 1.165) is 48.0 Å². The molecule has 4 nitrogen and oxygen atoms in total. The number of para-hydroxylation sites is 1. The van der Waals surface area contributed by atoms with E-state index in [1.165, 1.54) is 33.5 Å². The number of aromatic nitrogens is 2. The van der Waals surface area contributed by atoms with Crippen LogP contribution in [0.2, 0.25) is 0 Å². The number of benzene rings is 2. The number of carbonyl (C=O) groups is 1. The van der Waals surface area contributed by atoms with Gasteiger partial charge in [-0.2, -0.15) is 11.6 Å². The normalized spacial score (nSPS) is 13.6. The van der Waals surface area contributed by atoms with Gasteiger partial charge in [-0.1, -0.05) is 94.5 Å². The number of aliphatic hydroxyl groups excluding tert-OH is 1. The van der Waals surface area contributed by atoms with Gasteiger partial charge in [0.05, 0.1) is 11.3 Å². The Hall–Kier alpha value is -2.88. The summed E-state index contributed by atoms with van der Waals surface area (Å²) in [7, 11) is 0. The first kappa shape index (κ1) is 31.6. The van der Waals surface area contributed by atoms with Crippen molar-refractivity contribution in [1.29, 1.82) is 0 Å². The summed E-state index contributed by atoms with van der Waals surface area (Å²) in [6, 6.07) is 18.4. The van der Waals surface area contributed by atoms with Gasteiger partial charge in [-0.3, -0.25) is 9.78 Å². The molecule has 0 saturated heterocycles. The fraction of sp³-hybridized carbons (Fsp3) is 0.400. The molecule has 2 aromatic carbocycles. The molecule has 4 aromatic rings. The SMILES string of the molecule is CCC(CC)C(=O)/C=C(\O)C(CC)CC.Cc1cccc2cc3c(nc12)-c1[c-]cnc2cccc(c12)C3(C)C.[Ir]. The van der Waals surface area contributed by atoms with Gasteiger partial charge in [0.15, 0.2) is 5.78 Å². The summed E-state index contributed by atoms with van der Waals surface area (Å²) in [6.07, 6.45) is 6.68. The van der Waals surface area contributed by atoms with E-state index in [1.807, 2.05) is 27.7 Å². The van der Waals surface area contributed by atoms with E-state index in [0.29, 0.717) is 0 Å². The molecule has 0 saturated carbocycles. The quantitative estimate of drug-likeness (QED) is 0.118. The molecule has 0 spiro atoms. The van der Waals surface area contributed by atoms with Crippen LogP contribution >= 0.6 is 0 Å². The summed E-state index contributed by atoms with van der Waals surface area (Å²) >= 11 is 0. The van der Waals surface area contributed by atoms with Gasteiger partial charge in [-0.15, -0.1) is 0 Å². The van der Waals surface area contributed by atoms with Gasteiger partial charge >= 0.3 is 0 Å². The van der Waals surface area contributed by atoms with Crippen LogP contribution in [0.15, 0.2) is 60.5 Å². The third-order valence-corrected chi connectivity index (χ3v) is 8.42. The van der Waals surface area contributed by atoms with Gasteiger partial charge in [0.1, 0.15) is 0 Å². The summed E-state index contributed by atoms with van der Waals surface area (Å²) in [4.78, 5) is 21.3. The van der Waals surface area contributed by atoms with E-state index < -0.39 is 0 Å². The summed E-state index contributed by atoms with van der Waals surface area (Å²) in [5.74, 6) is 0.547. The fourth-order valence-electron chi connectivity index (χ4n) is 5.79. The fourth-order valence-corrected chi connectivity index (χ4v) is 5.79. The van der Waals surface area contributed by atoms with E-state index in [9.17, 15) is 9.90 Å². The molecule has 213 valence electrons. The van der Waals surface area contributed by atoms with Crippen molar-refractivity contribution in [2.75, 3.05) is 0 Å². The number of carbonyl (C=O) groups excluding carboxylic acids is 1. The largest absolute Gasteiger partial charge is 0.512 e. The number of rotatable bonds is 7. The van der Waals surface area contributed by atoms with Crippen LogP contribution in [0.4, 0.5) is 0 Å². The number of aliphatic hydroxyl groups is 1. The molecule has 2 aromatic heterocycles. The van der Waals surface area contributed by atoms with Gasteiger partial charge < -0.3 is 10.1 Å². The molecule has 0 unspecified atom stereocenters. The number of hydrogen-bond donors (Lipinski definition) is 1. The summed E-state index contributed by atoms with van der Waals surface area (Å²) < 4.78 is 0. The molecule has 0 atom stereocenters. The topological polar surface area (TPSA) is 63.1 Å². The molecule has 0 amide bonds. The van der Waals surface area contributed by atoms with Crippen LogP contribution in [0.5, 0.6) is 0 Å². The Labute approximate surface area is 252 Å². The second kappa shape index (κ2) is 13.2. The number of hydrogen-bond acceptors (Lipinski definition) is 4.